The van der Waals surface area contributed by atoms with Gasteiger partial charge in [-0.05, 0) is 80.5 Å². The number of para-hydroxylation sites is 1. The van der Waals surface area contributed by atoms with Crippen molar-refractivity contribution in [2.24, 2.45) is 0 Å². The van der Waals surface area contributed by atoms with Crippen molar-refractivity contribution < 1.29 is 0 Å². The first-order chi connectivity index (χ1) is 27.2. The Kier molecular flexibility index (Phi) is 7.14. The molecule has 256 valence electrons. The van der Waals surface area contributed by atoms with Crippen molar-refractivity contribution in [3.8, 4) is 51.0 Å². The van der Waals surface area contributed by atoms with E-state index in [1.165, 1.54) is 38.0 Å². The van der Waals surface area contributed by atoms with Crippen molar-refractivity contribution in [1.82, 2.24) is 19.5 Å². The summed E-state index contributed by atoms with van der Waals surface area (Å²) in [5.74, 6) is 1.91. The number of benzene rings is 9. The van der Waals surface area contributed by atoms with Crippen molar-refractivity contribution >= 4 is 54.1 Å². The Bertz CT molecular complexity index is 3260. The Labute approximate surface area is 317 Å². The topological polar surface area (TPSA) is 43.6 Å². The van der Waals surface area contributed by atoms with Crippen LogP contribution in [0.1, 0.15) is 0 Å². The van der Waals surface area contributed by atoms with Gasteiger partial charge in [0.05, 0.1) is 16.7 Å². The maximum Gasteiger partial charge on any atom is 0.164 e. The van der Waals surface area contributed by atoms with E-state index in [0.29, 0.717) is 17.5 Å². The molecule has 0 bridgehead atoms. The summed E-state index contributed by atoms with van der Waals surface area (Å²) in [7, 11) is 0. The summed E-state index contributed by atoms with van der Waals surface area (Å²) in [6.07, 6.45) is 0. The van der Waals surface area contributed by atoms with Gasteiger partial charge in [-0.2, -0.15) is 0 Å². The van der Waals surface area contributed by atoms with Gasteiger partial charge in [-0.15, -0.1) is 0 Å². The fraction of sp³-hybridized carbons (Fsp3) is 0. The average molecular weight is 701 g/mol. The van der Waals surface area contributed by atoms with Crippen LogP contribution < -0.4 is 0 Å². The third-order valence-corrected chi connectivity index (χ3v) is 10.8. The monoisotopic (exact) mass is 700 g/mol. The Hall–Kier alpha value is -7.43. The van der Waals surface area contributed by atoms with Crippen LogP contribution in [0.3, 0.4) is 0 Å². The molecule has 0 N–H and O–H groups in total. The first-order valence-electron chi connectivity index (χ1n) is 18.6. The lowest BCUT2D eigenvalue weighted by Gasteiger charge is -2.16. The second-order valence-corrected chi connectivity index (χ2v) is 14.1. The maximum absolute atomic E-state index is 5.23. The molecule has 0 radical (unpaired) electrons. The summed E-state index contributed by atoms with van der Waals surface area (Å²) in [5, 5.41) is 9.41. The molecule has 4 heteroatoms. The molecule has 0 aliphatic rings. The molecular weight excluding hydrogens is 669 g/mol. The Balaban J connectivity index is 1.20. The van der Waals surface area contributed by atoms with Gasteiger partial charge in [-0.1, -0.05) is 152 Å². The van der Waals surface area contributed by atoms with E-state index in [2.05, 4.69) is 180 Å². The highest BCUT2D eigenvalue weighted by Gasteiger charge is 2.20. The second kappa shape index (κ2) is 12.6. The van der Waals surface area contributed by atoms with E-state index in [-0.39, 0.29) is 0 Å². The molecule has 2 aromatic heterocycles. The van der Waals surface area contributed by atoms with E-state index in [4.69, 9.17) is 15.0 Å². The van der Waals surface area contributed by atoms with E-state index in [0.717, 1.165) is 49.6 Å². The third-order valence-electron chi connectivity index (χ3n) is 10.8. The molecule has 0 spiro atoms. The maximum atomic E-state index is 5.23. The minimum Gasteiger partial charge on any atom is -0.309 e. The van der Waals surface area contributed by atoms with Gasteiger partial charge in [-0.3, -0.25) is 0 Å². The molecule has 11 aromatic rings. The van der Waals surface area contributed by atoms with Gasteiger partial charge in [-0.25, -0.2) is 15.0 Å². The second-order valence-electron chi connectivity index (χ2n) is 14.1. The first-order valence-corrected chi connectivity index (χ1v) is 18.6. The van der Waals surface area contributed by atoms with Crippen molar-refractivity contribution in [2.45, 2.75) is 0 Å². The largest absolute Gasteiger partial charge is 0.309 e. The van der Waals surface area contributed by atoms with E-state index in [1.807, 2.05) is 18.2 Å². The van der Waals surface area contributed by atoms with Gasteiger partial charge in [0, 0.05) is 32.8 Å². The number of hydrogen-bond donors (Lipinski definition) is 0. The molecule has 0 amide bonds. The highest BCUT2D eigenvalue weighted by Crippen LogP contribution is 2.40. The van der Waals surface area contributed by atoms with E-state index in [1.54, 1.807) is 0 Å². The summed E-state index contributed by atoms with van der Waals surface area (Å²) < 4.78 is 2.43. The van der Waals surface area contributed by atoms with Crippen molar-refractivity contribution in [3.63, 3.8) is 0 Å². The Morgan fingerprint density at radius 2 is 0.891 bits per heavy atom. The number of hydrogen-bond acceptors (Lipinski definition) is 3. The fourth-order valence-electron chi connectivity index (χ4n) is 8.12. The van der Waals surface area contributed by atoms with Gasteiger partial charge in [0.25, 0.3) is 0 Å². The molecule has 0 aliphatic carbocycles. The lowest BCUT2D eigenvalue weighted by molar-refractivity contribution is 1.08. The molecule has 0 fully saturated rings. The molecule has 0 aliphatic heterocycles. The van der Waals surface area contributed by atoms with Gasteiger partial charge < -0.3 is 4.57 Å². The predicted octanol–water partition coefficient (Wildman–Crippen LogP) is 13.1. The van der Waals surface area contributed by atoms with E-state index >= 15 is 0 Å². The first kappa shape index (κ1) is 31.1. The van der Waals surface area contributed by atoms with Crippen LogP contribution in [0.15, 0.2) is 194 Å². The Morgan fingerprint density at radius 1 is 0.291 bits per heavy atom. The molecule has 0 atom stereocenters. The third kappa shape index (κ3) is 5.26. The zero-order chi connectivity index (χ0) is 36.3. The molecule has 4 nitrogen and oxygen atoms in total. The van der Waals surface area contributed by atoms with Crippen LogP contribution in [-0.2, 0) is 0 Å². The minimum atomic E-state index is 0.634. The minimum absolute atomic E-state index is 0.634. The molecular formula is C51H32N4. The predicted molar refractivity (Wildman–Crippen MR) is 228 cm³/mol. The smallest absolute Gasteiger partial charge is 0.164 e. The van der Waals surface area contributed by atoms with Gasteiger partial charge in [0.1, 0.15) is 0 Å². The van der Waals surface area contributed by atoms with E-state index in [9.17, 15) is 0 Å². The van der Waals surface area contributed by atoms with Gasteiger partial charge in [0.15, 0.2) is 17.5 Å². The number of aromatic nitrogens is 4. The summed E-state index contributed by atoms with van der Waals surface area (Å²) in [6, 6.07) is 68.8. The van der Waals surface area contributed by atoms with Crippen LogP contribution in [0.2, 0.25) is 0 Å². The van der Waals surface area contributed by atoms with Crippen LogP contribution in [-0.4, -0.2) is 19.5 Å². The number of fused-ring (bicyclic) bond motifs is 6. The van der Waals surface area contributed by atoms with Crippen LogP contribution >= 0.6 is 0 Å². The van der Waals surface area contributed by atoms with Crippen LogP contribution in [0.5, 0.6) is 0 Å². The molecule has 55 heavy (non-hydrogen) atoms. The normalized spacial score (nSPS) is 11.6. The van der Waals surface area contributed by atoms with Crippen molar-refractivity contribution in [1.29, 1.82) is 0 Å². The molecule has 0 saturated heterocycles. The van der Waals surface area contributed by atoms with Crippen LogP contribution in [0.4, 0.5) is 0 Å². The van der Waals surface area contributed by atoms with Crippen molar-refractivity contribution in [2.75, 3.05) is 0 Å². The molecule has 9 aromatic carbocycles. The zero-order valence-electron chi connectivity index (χ0n) is 29.8. The summed E-state index contributed by atoms with van der Waals surface area (Å²) in [6.45, 7) is 0. The zero-order valence-corrected chi connectivity index (χ0v) is 29.8. The van der Waals surface area contributed by atoms with Crippen LogP contribution in [0, 0.1) is 0 Å². The standard InChI is InChI=1S/C51H32N4/c1-3-13-33(14-4-1)39-25-26-41-43(51-53-49(35-16-5-2-6-17-35)52-50(54-51)40-24-23-34-15-7-8-18-36(34)29-40)27-28-47(44(41)31-39)55-46-22-12-11-21-42(46)45-30-37-19-9-10-20-38(37)32-48(45)55/h1-32H. The number of rotatable bonds is 5. The van der Waals surface area contributed by atoms with Gasteiger partial charge >= 0.3 is 0 Å². The highest BCUT2D eigenvalue weighted by atomic mass is 15.0. The summed E-state index contributed by atoms with van der Waals surface area (Å²) in [5.41, 5.74) is 8.59. The summed E-state index contributed by atoms with van der Waals surface area (Å²) >= 11 is 0. The molecule has 2 heterocycles. The quantitative estimate of drug-likeness (QED) is 0.179. The van der Waals surface area contributed by atoms with Gasteiger partial charge in [0.2, 0.25) is 0 Å². The Morgan fingerprint density at radius 3 is 1.67 bits per heavy atom. The summed E-state index contributed by atoms with van der Waals surface area (Å²) in [4.78, 5) is 15.5. The van der Waals surface area contributed by atoms with Crippen molar-refractivity contribution in [3.05, 3.63) is 194 Å². The average Bonchev–Trinajstić information content (AvgIpc) is 3.58. The lowest BCUT2D eigenvalue weighted by Crippen LogP contribution is -2.02. The van der Waals surface area contributed by atoms with E-state index < -0.39 is 0 Å². The molecule has 11 rings (SSSR count). The molecule has 0 unspecified atom stereocenters. The number of nitrogens with zero attached hydrogens (tertiary/aromatic N) is 4. The molecule has 0 saturated carbocycles. The lowest BCUT2D eigenvalue weighted by atomic mass is 9.96. The highest BCUT2D eigenvalue weighted by molar-refractivity contribution is 6.15. The van der Waals surface area contributed by atoms with Crippen LogP contribution in [0.25, 0.3) is 105 Å². The SMILES string of the molecule is c1ccc(-c2ccc3c(-c4nc(-c5ccccc5)nc(-c5ccc6ccccc6c5)n4)ccc(-n4c5ccccc5c5cc6ccccc6cc54)c3c2)cc1. The fourth-order valence-corrected chi connectivity index (χ4v) is 8.12.